The summed E-state index contributed by atoms with van der Waals surface area (Å²) in [5, 5.41) is 12.7. The van der Waals surface area contributed by atoms with E-state index in [1.165, 1.54) is 0 Å². The third-order valence-electron chi connectivity index (χ3n) is 3.63. The van der Waals surface area contributed by atoms with Gasteiger partial charge in [-0.1, -0.05) is 19.1 Å². The minimum atomic E-state index is -0.375. The summed E-state index contributed by atoms with van der Waals surface area (Å²) in [7, 11) is 0. The summed E-state index contributed by atoms with van der Waals surface area (Å²) < 4.78 is 0. The molecule has 0 radical (unpaired) electrons. The summed E-state index contributed by atoms with van der Waals surface area (Å²) in [4.78, 5) is 13.3. The SMILES string of the molecule is CC[C@@H](O)c1ccc(N2CCC(NC(C)=O)C2)cc1. The molecule has 0 aliphatic carbocycles. The number of aliphatic hydroxyl groups is 1. The normalized spacial score (nSPS) is 20.4. The molecule has 4 nitrogen and oxygen atoms in total. The lowest BCUT2D eigenvalue weighted by Gasteiger charge is -2.19. The van der Waals surface area contributed by atoms with Crippen molar-refractivity contribution in [2.75, 3.05) is 18.0 Å². The number of aliphatic hydroxyl groups excluding tert-OH is 1. The Bertz CT molecular complexity index is 430. The number of nitrogens with one attached hydrogen (secondary N) is 1. The molecule has 1 aliphatic rings. The zero-order chi connectivity index (χ0) is 13.8. The summed E-state index contributed by atoms with van der Waals surface area (Å²) in [6, 6.07) is 8.30. The quantitative estimate of drug-likeness (QED) is 0.870. The van der Waals surface area contributed by atoms with Crippen molar-refractivity contribution in [2.24, 2.45) is 0 Å². The average molecular weight is 262 g/mol. The fraction of sp³-hybridized carbons (Fsp3) is 0.533. The Balaban J connectivity index is 1.98. The van der Waals surface area contributed by atoms with Gasteiger partial charge in [0.05, 0.1) is 6.10 Å². The molecule has 1 aromatic rings. The lowest BCUT2D eigenvalue weighted by Crippen LogP contribution is -2.35. The molecule has 0 spiro atoms. The maximum Gasteiger partial charge on any atom is 0.217 e. The van der Waals surface area contributed by atoms with Gasteiger partial charge in [0.15, 0.2) is 0 Å². The molecule has 104 valence electrons. The Hall–Kier alpha value is -1.55. The van der Waals surface area contributed by atoms with E-state index in [0.717, 1.165) is 37.2 Å². The number of hydrogen-bond donors (Lipinski definition) is 2. The molecule has 2 rings (SSSR count). The van der Waals surface area contributed by atoms with E-state index in [0.29, 0.717) is 0 Å². The summed E-state index contributed by atoms with van der Waals surface area (Å²) in [5.74, 6) is 0.0354. The van der Waals surface area contributed by atoms with Crippen molar-refractivity contribution in [1.82, 2.24) is 5.32 Å². The van der Waals surface area contributed by atoms with Crippen LogP contribution in [0.5, 0.6) is 0 Å². The molecule has 1 fully saturated rings. The Morgan fingerprint density at radius 3 is 2.74 bits per heavy atom. The maximum atomic E-state index is 11.0. The Morgan fingerprint density at radius 1 is 1.47 bits per heavy atom. The van der Waals surface area contributed by atoms with Crippen molar-refractivity contribution in [3.05, 3.63) is 29.8 Å². The minimum Gasteiger partial charge on any atom is -0.388 e. The highest BCUT2D eigenvalue weighted by molar-refractivity contribution is 5.73. The van der Waals surface area contributed by atoms with Crippen LogP contribution in [-0.2, 0) is 4.79 Å². The van der Waals surface area contributed by atoms with E-state index >= 15 is 0 Å². The molecule has 19 heavy (non-hydrogen) atoms. The minimum absolute atomic E-state index is 0.0354. The van der Waals surface area contributed by atoms with Gasteiger partial charge in [0.2, 0.25) is 5.91 Å². The topological polar surface area (TPSA) is 52.6 Å². The number of nitrogens with zero attached hydrogens (tertiary/aromatic N) is 1. The highest BCUT2D eigenvalue weighted by Crippen LogP contribution is 2.23. The van der Waals surface area contributed by atoms with Crippen molar-refractivity contribution in [3.8, 4) is 0 Å². The van der Waals surface area contributed by atoms with Gasteiger partial charge in [0, 0.05) is 31.7 Å². The van der Waals surface area contributed by atoms with Crippen molar-refractivity contribution < 1.29 is 9.90 Å². The van der Waals surface area contributed by atoms with Gasteiger partial charge < -0.3 is 15.3 Å². The van der Waals surface area contributed by atoms with Gasteiger partial charge in [-0.15, -0.1) is 0 Å². The molecular weight excluding hydrogens is 240 g/mol. The number of benzene rings is 1. The van der Waals surface area contributed by atoms with E-state index in [2.05, 4.69) is 10.2 Å². The average Bonchev–Trinajstić information content (AvgIpc) is 2.85. The lowest BCUT2D eigenvalue weighted by atomic mass is 10.1. The van der Waals surface area contributed by atoms with Crippen LogP contribution in [0.2, 0.25) is 0 Å². The molecule has 4 heteroatoms. The predicted molar refractivity (Wildman–Crippen MR) is 76.1 cm³/mol. The zero-order valence-electron chi connectivity index (χ0n) is 11.6. The van der Waals surface area contributed by atoms with Crippen LogP contribution in [0.3, 0.4) is 0 Å². The van der Waals surface area contributed by atoms with Crippen molar-refractivity contribution in [3.63, 3.8) is 0 Å². The summed E-state index contributed by atoms with van der Waals surface area (Å²) in [6.07, 6.45) is 1.34. The molecule has 1 heterocycles. The first-order chi connectivity index (χ1) is 9.10. The van der Waals surface area contributed by atoms with E-state index in [9.17, 15) is 9.90 Å². The number of carbonyl (C=O) groups is 1. The van der Waals surface area contributed by atoms with Gasteiger partial charge in [0.1, 0.15) is 0 Å². The van der Waals surface area contributed by atoms with Crippen molar-refractivity contribution >= 4 is 11.6 Å². The summed E-state index contributed by atoms with van der Waals surface area (Å²) in [5.41, 5.74) is 2.11. The molecular formula is C15H22N2O2. The first kappa shape index (κ1) is 13.9. The fourth-order valence-electron chi connectivity index (χ4n) is 2.54. The highest BCUT2D eigenvalue weighted by atomic mass is 16.3. The van der Waals surface area contributed by atoms with Crippen LogP contribution in [0.15, 0.2) is 24.3 Å². The first-order valence-corrected chi connectivity index (χ1v) is 6.90. The van der Waals surface area contributed by atoms with Crippen LogP contribution in [0.4, 0.5) is 5.69 Å². The molecule has 1 aromatic carbocycles. The zero-order valence-corrected chi connectivity index (χ0v) is 11.6. The highest BCUT2D eigenvalue weighted by Gasteiger charge is 2.23. The molecule has 0 saturated carbocycles. The van der Waals surface area contributed by atoms with Crippen LogP contribution in [0.1, 0.15) is 38.4 Å². The van der Waals surface area contributed by atoms with Crippen molar-refractivity contribution in [2.45, 2.75) is 38.8 Å². The molecule has 2 atom stereocenters. The molecule has 0 aromatic heterocycles. The Morgan fingerprint density at radius 2 is 2.16 bits per heavy atom. The second-order valence-electron chi connectivity index (χ2n) is 5.15. The Kier molecular flexibility index (Phi) is 4.43. The number of rotatable bonds is 4. The monoisotopic (exact) mass is 262 g/mol. The molecule has 1 amide bonds. The second kappa shape index (κ2) is 6.06. The van der Waals surface area contributed by atoms with E-state index in [-0.39, 0.29) is 18.1 Å². The van der Waals surface area contributed by atoms with Crippen LogP contribution in [0.25, 0.3) is 0 Å². The van der Waals surface area contributed by atoms with Crippen LogP contribution in [0, 0.1) is 0 Å². The van der Waals surface area contributed by atoms with E-state index in [1.807, 2.05) is 31.2 Å². The molecule has 1 saturated heterocycles. The number of anilines is 1. The van der Waals surface area contributed by atoms with E-state index < -0.39 is 0 Å². The summed E-state index contributed by atoms with van der Waals surface area (Å²) in [6.45, 7) is 5.34. The number of amides is 1. The van der Waals surface area contributed by atoms with Gasteiger partial charge in [-0.2, -0.15) is 0 Å². The maximum absolute atomic E-state index is 11.0. The van der Waals surface area contributed by atoms with Gasteiger partial charge in [-0.3, -0.25) is 4.79 Å². The third-order valence-corrected chi connectivity index (χ3v) is 3.63. The smallest absolute Gasteiger partial charge is 0.217 e. The van der Waals surface area contributed by atoms with Crippen LogP contribution in [-0.4, -0.2) is 30.1 Å². The van der Waals surface area contributed by atoms with Crippen LogP contribution < -0.4 is 10.2 Å². The second-order valence-corrected chi connectivity index (χ2v) is 5.15. The molecule has 1 unspecified atom stereocenters. The predicted octanol–water partition coefficient (Wildman–Crippen LogP) is 1.84. The number of carbonyl (C=O) groups excluding carboxylic acids is 1. The van der Waals surface area contributed by atoms with Gasteiger partial charge >= 0.3 is 0 Å². The summed E-state index contributed by atoms with van der Waals surface area (Å²) >= 11 is 0. The largest absolute Gasteiger partial charge is 0.388 e. The molecule has 1 aliphatic heterocycles. The molecule has 0 bridgehead atoms. The van der Waals surface area contributed by atoms with E-state index in [4.69, 9.17) is 0 Å². The van der Waals surface area contributed by atoms with Crippen LogP contribution >= 0.6 is 0 Å². The van der Waals surface area contributed by atoms with Gasteiger partial charge in [0.25, 0.3) is 0 Å². The van der Waals surface area contributed by atoms with E-state index in [1.54, 1.807) is 6.92 Å². The number of hydrogen-bond acceptors (Lipinski definition) is 3. The Labute approximate surface area is 114 Å². The molecule has 2 N–H and O–H groups in total. The fourth-order valence-corrected chi connectivity index (χ4v) is 2.54. The van der Waals surface area contributed by atoms with Gasteiger partial charge in [-0.05, 0) is 30.5 Å². The standard InChI is InChI=1S/C15H22N2O2/c1-3-15(19)12-4-6-14(7-5-12)17-9-8-13(10-17)16-11(2)18/h4-7,13,15,19H,3,8-10H2,1-2H3,(H,16,18)/t13?,15-/m1/s1. The van der Waals surface area contributed by atoms with Crippen molar-refractivity contribution in [1.29, 1.82) is 0 Å². The first-order valence-electron chi connectivity index (χ1n) is 6.90. The third kappa shape index (κ3) is 3.47. The lowest BCUT2D eigenvalue weighted by molar-refractivity contribution is -0.119. The van der Waals surface area contributed by atoms with Gasteiger partial charge in [-0.25, -0.2) is 0 Å².